The van der Waals surface area contributed by atoms with Gasteiger partial charge >= 0.3 is 12.4 Å². The first kappa shape index (κ1) is 49.9. The maximum Gasteiger partial charge on any atom is 0.391 e. The molecule has 0 amide bonds. The number of likely N-dealkylation sites (tertiary alicyclic amines) is 2. The molecule has 4 aliphatic heterocycles. The molecular weight excluding hydrogens is 1020 g/mol. The summed E-state index contributed by atoms with van der Waals surface area (Å²) in [6.07, 6.45) is 0.926. The van der Waals surface area contributed by atoms with Crippen molar-refractivity contribution in [3.63, 3.8) is 0 Å². The summed E-state index contributed by atoms with van der Waals surface area (Å²) in [5, 5.41) is 17.1. The summed E-state index contributed by atoms with van der Waals surface area (Å²) >= 11 is 2.32. The lowest BCUT2D eigenvalue weighted by Crippen LogP contribution is -2.44. The molecule has 0 radical (unpaired) electrons. The van der Waals surface area contributed by atoms with Gasteiger partial charge in [0, 0.05) is 107 Å². The molecule has 8 heterocycles. The molecule has 0 unspecified atom stereocenters. The molecule has 4 aliphatic rings. The quantitative estimate of drug-likeness (QED) is 0.125. The summed E-state index contributed by atoms with van der Waals surface area (Å²) < 4.78 is 175. The number of aromatic nitrogens is 6. The normalized spacial score (nSPS) is 23.6. The number of H-pyrrole nitrogens is 2. The number of rotatable bonds is 10. The molecule has 4 aromatic heterocycles. The highest BCUT2D eigenvalue weighted by Crippen LogP contribution is 2.50. The lowest BCUT2D eigenvalue weighted by Gasteiger charge is -2.45. The van der Waals surface area contributed by atoms with Gasteiger partial charge in [0.15, 0.2) is 19.7 Å². The SMILES string of the molecule is O=S(=O)(Cc1nccs1)c1cc2c(cc1F)[C@@H](N1CC[C@@H](C(F)(F)F)C[C@H]1c1cn[nH]c1)CCO2.O=S(=O)(Cc1nccs1)c1cc2c(cc1F)[C@H](N1CC[C@@H](C(F)(F)F)C[C@H]1c1cn[nH]c1)CCO2. The van der Waals surface area contributed by atoms with Crippen LogP contribution in [0.5, 0.6) is 11.5 Å². The van der Waals surface area contributed by atoms with Gasteiger partial charge in [0.05, 0.1) is 37.4 Å². The van der Waals surface area contributed by atoms with E-state index in [2.05, 4.69) is 30.4 Å². The Labute approximate surface area is 404 Å². The highest BCUT2D eigenvalue weighted by molar-refractivity contribution is 7.91. The minimum atomic E-state index is -4.31. The highest BCUT2D eigenvalue weighted by atomic mass is 32.2. The van der Waals surface area contributed by atoms with E-state index in [9.17, 15) is 43.2 Å². The second-order valence-corrected chi connectivity index (χ2v) is 23.3. The van der Waals surface area contributed by atoms with Crippen molar-refractivity contribution in [3.05, 3.63) is 116 Å². The Morgan fingerprint density at radius 2 is 1.03 bits per heavy atom. The van der Waals surface area contributed by atoms with E-state index in [4.69, 9.17) is 9.47 Å². The number of aromatic amines is 2. The molecule has 70 heavy (non-hydrogen) atoms. The van der Waals surface area contributed by atoms with Gasteiger partial charge in [-0.2, -0.15) is 36.5 Å². The van der Waals surface area contributed by atoms with Gasteiger partial charge in [0.2, 0.25) is 0 Å². The van der Waals surface area contributed by atoms with Crippen molar-refractivity contribution in [2.75, 3.05) is 26.3 Å². The zero-order valence-electron chi connectivity index (χ0n) is 36.7. The fraction of sp³-hybridized carbons (Fsp3) is 0.455. The summed E-state index contributed by atoms with van der Waals surface area (Å²) in [7, 11) is -8.04. The third kappa shape index (κ3) is 10.6. The van der Waals surface area contributed by atoms with Crippen molar-refractivity contribution in [2.24, 2.45) is 11.8 Å². The van der Waals surface area contributed by atoms with Gasteiger partial charge in [0.1, 0.15) is 54.4 Å². The minimum Gasteiger partial charge on any atom is -0.493 e. The van der Waals surface area contributed by atoms with Crippen LogP contribution >= 0.6 is 22.7 Å². The number of sulfone groups is 2. The van der Waals surface area contributed by atoms with Crippen LogP contribution in [-0.2, 0) is 31.2 Å². The standard InChI is InChI=1S/2C22H22F4N4O3S2/c2*23-16-8-15-17(30-4-1-14(22(24,25)26)7-18(30)13-10-28-29-11-13)2-5-33-19(15)9-20(16)35(31,32)12-21-27-3-6-34-21/h2*3,6,8-11,14,17-18H,1-2,4-5,7,12H2,(H,28,29)/t14-,17+,18+;14-,17-,18+/m11/s1. The molecule has 2 saturated heterocycles. The summed E-state index contributed by atoms with van der Waals surface area (Å²) in [4.78, 5) is 10.8. The van der Waals surface area contributed by atoms with Crippen LogP contribution in [0.15, 0.2) is 82.0 Å². The average Bonchev–Trinajstić information content (AvgIpc) is 4.18. The molecule has 10 rings (SSSR count). The van der Waals surface area contributed by atoms with Crippen molar-refractivity contribution >= 4 is 42.3 Å². The fourth-order valence-corrected chi connectivity index (χ4v) is 14.6. The molecule has 26 heteroatoms. The number of benzene rings is 2. The average molecular weight is 1060 g/mol. The van der Waals surface area contributed by atoms with E-state index in [1.807, 2.05) is 9.80 Å². The molecule has 2 fully saturated rings. The van der Waals surface area contributed by atoms with Crippen LogP contribution in [0.25, 0.3) is 0 Å². The fourth-order valence-electron chi connectivity index (χ4n) is 9.89. The van der Waals surface area contributed by atoms with Gasteiger partial charge in [-0.15, -0.1) is 22.7 Å². The van der Waals surface area contributed by atoms with E-state index >= 15 is 8.78 Å². The first-order valence-corrected chi connectivity index (χ1v) is 27.1. The van der Waals surface area contributed by atoms with E-state index in [1.165, 1.54) is 36.9 Å². The Bertz CT molecular complexity index is 2760. The van der Waals surface area contributed by atoms with E-state index < -0.39 is 101 Å². The third-order valence-electron chi connectivity index (χ3n) is 13.2. The zero-order valence-corrected chi connectivity index (χ0v) is 39.9. The number of nitrogens with zero attached hydrogens (tertiary/aromatic N) is 6. The number of hydrogen-bond acceptors (Lipinski definition) is 14. The van der Waals surface area contributed by atoms with E-state index in [0.717, 1.165) is 34.8 Å². The Balaban J connectivity index is 0.000000174. The first-order chi connectivity index (χ1) is 33.3. The summed E-state index contributed by atoms with van der Waals surface area (Å²) in [5.74, 6) is -5.15. The maximum atomic E-state index is 15.2. The number of alkyl halides is 6. The second-order valence-electron chi connectivity index (χ2n) is 17.4. The number of fused-ring (bicyclic) bond motifs is 2. The second kappa shape index (κ2) is 19.9. The number of halogens is 8. The van der Waals surface area contributed by atoms with Gasteiger partial charge in [0.25, 0.3) is 0 Å². The molecular formula is C44H44F8N8O6S4. The van der Waals surface area contributed by atoms with Crippen LogP contribution in [0.1, 0.15) is 95.0 Å². The number of nitrogens with one attached hydrogen (secondary N) is 2. The van der Waals surface area contributed by atoms with Gasteiger partial charge in [-0.25, -0.2) is 35.6 Å². The largest absolute Gasteiger partial charge is 0.493 e. The Kier molecular flexibility index (Phi) is 14.2. The Hall–Kier alpha value is -5.02. The predicted molar refractivity (Wildman–Crippen MR) is 238 cm³/mol. The van der Waals surface area contributed by atoms with Crippen molar-refractivity contribution in [3.8, 4) is 11.5 Å². The predicted octanol–water partition coefficient (Wildman–Crippen LogP) is 9.64. The number of thiazole rings is 2. The van der Waals surface area contributed by atoms with Gasteiger partial charge < -0.3 is 9.47 Å². The molecule has 0 bridgehead atoms. The van der Waals surface area contributed by atoms with Crippen LogP contribution in [0, 0.1) is 23.5 Å². The highest BCUT2D eigenvalue weighted by Gasteiger charge is 2.49. The topological polar surface area (TPSA) is 176 Å². The van der Waals surface area contributed by atoms with Crippen molar-refractivity contribution in [1.29, 1.82) is 0 Å². The number of piperidine rings is 2. The van der Waals surface area contributed by atoms with Crippen LogP contribution in [0.4, 0.5) is 35.1 Å². The van der Waals surface area contributed by atoms with Gasteiger partial charge in [-0.05, 0) is 50.9 Å². The van der Waals surface area contributed by atoms with Crippen LogP contribution in [0.3, 0.4) is 0 Å². The van der Waals surface area contributed by atoms with Crippen molar-refractivity contribution in [2.45, 2.75) is 96.3 Å². The molecule has 0 aliphatic carbocycles. The Morgan fingerprint density at radius 1 is 0.614 bits per heavy atom. The molecule has 6 aromatic rings. The van der Waals surface area contributed by atoms with Crippen LogP contribution < -0.4 is 9.47 Å². The van der Waals surface area contributed by atoms with E-state index in [1.54, 1.807) is 23.2 Å². The Morgan fingerprint density at radius 3 is 1.37 bits per heavy atom. The molecule has 6 atom stereocenters. The summed E-state index contributed by atoms with van der Waals surface area (Å²) in [6, 6.07) is 2.65. The zero-order chi connectivity index (χ0) is 49.6. The maximum absolute atomic E-state index is 15.2. The molecule has 14 nitrogen and oxygen atoms in total. The third-order valence-corrected chi connectivity index (χ3v) is 18.4. The van der Waals surface area contributed by atoms with Gasteiger partial charge in [-0.1, -0.05) is 0 Å². The van der Waals surface area contributed by atoms with Crippen molar-refractivity contribution < 1.29 is 61.4 Å². The molecule has 0 spiro atoms. The van der Waals surface area contributed by atoms with Crippen LogP contribution in [-0.4, -0.2) is 95.7 Å². The van der Waals surface area contributed by atoms with E-state index in [-0.39, 0.29) is 63.5 Å². The first-order valence-electron chi connectivity index (χ1n) is 22.0. The monoisotopic (exact) mass is 1060 g/mol. The molecule has 2 aromatic carbocycles. The molecule has 376 valence electrons. The molecule has 0 saturated carbocycles. The van der Waals surface area contributed by atoms with E-state index in [0.29, 0.717) is 45.1 Å². The summed E-state index contributed by atoms with van der Waals surface area (Å²) in [6.45, 7) is 0.755. The lowest BCUT2D eigenvalue weighted by molar-refractivity contribution is -0.193. The van der Waals surface area contributed by atoms with Gasteiger partial charge in [-0.3, -0.25) is 20.0 Å². The van der Waals surface area contributed by atoms with Crippen molar-refractivity contribution in [1.82, 2.24) is 40.2 Å². The smallest absolute Gasteiger partial charge is 0.391 e. The van der Waals surface area contributed by atoms with Crippen LogP contribution in [0.2, 0.25) is 0 Å². The molecule has 2 N–H and O–H groups in total. The lowest BCUT2D eigenvalue weighted by atomic mass is 9.84. The number of hydrogen-bond donors (Lipinski definition) is 2. The number of ether oxygens (including phenoxy) is 2. The summed E-state index contributed by atoms with van der Waals surface area (Å²) in [5.41, 5.74) is 2.10. The minimum absolute atomic E-state index is 0.0761.